The highest BCUT2D eigenvalue weighted by Gasteiger charge is 2.09. The van der Waals surface area contributed by atoms with Crippen molar-refractivity contribution >= 4 is 33.1 Å². The largest absolute Gasteiger partial charge is 0.387 e. The zero-order chi connectivity index (χ0) is 21.5. The lowest BCUT2D eigenvalue weighted by atomic mass is 10.1. The lowest BCUT2D eigenvalue weighted by Crippen LogP contribution is -2.23. The zero-order valence-electron chi connectivity index (χ0n) is 17.1. The number of aromatic nitrogens is 1. The number of rotatable bonds is 9. The van der Waals surface area contributed by atoms with Gasteiger partial charge in [0.15, 0.2) is 0 Å². The number of aliphatic hydroxyl groups excluding tert-OH is 1. The molecule has 0 spiro atoms. The maximum atomic E-state index is 12.4. The number of hydrogen-bond acceptors (Lipinski definition) is 5. The molecule has 4 rings (SSSR count). The molecule has 1 aromatic heterocycles. The molecule has 0 radical (unpaired) electrons. The molecule has 1 amide bonds. The van der Waals surface area contributed by atoms with Crippen LogP contribution in [0.5, 0.6) is 0 Å². The van der Waals surface area contributed by atoms with E-state index in [0.717, 1.165) is 39.4 Å². The number of benzene rings is 3. The second-order valence-corrected chi connectivity index (χ2v) is 8.49. The maximum Gasteiger partial charge on any atom is 0.231 e. The third kappa shape index (κ3) is 5.98. The van der Waals surface area contributed by atoms with E-state index < -0.39 is 6.10 Å². The van der Waals surface area contributed by atoms with Crippen molar-refractivity contribution in [1.82, 2.24) is 10.3 Å². The number of thiazole rings is 1. The molecule has 5 nitrogen and oxygen atoms in total. The van der Waals surface area contributed by atoms with Crippen molar-refractivity contribution in [3.05, 3.63) is 95.0 Å². The van der Waals surface area contributed by atoms with E-state index in [9.17, 15) is 9.90 Å². The van der Waals surface area contributed by atoms with E-state index in [1.807, 2.05) is 78.9 Å². The maximum absolute atomic E-state index is 12.4. The average Bonchev–Trinajstić information content (AvgIpc) is 3.20. The van der Waals surface area contributed by atoms with E-state index in [1.165, 1.54) is 5.56 Å². The van der Waals surface area contributed by atoms with Crippen LogP contribution in [0.3, 0.4) is 0 Å². The lowest BCUT2D eigenvalue weighted by molar-refractivity contribution is -0.115. The third-order valence-corrected chi connectivity index (χ3v) is 6.04. The van der Waals surface area contributed by atoms with Crippen molar-refractivity contribution < 1.29 is 9.90 Å². The SMILES string of the molecule is O=C(Cc1nc2ccccc2s1)Nc1ccc(CCNC[C@H](O)c2ccccc2)cc1. The van der Waals surface area contributed by atoms with E-state index in [0.29, 0.717) is 6.54 Å². The first-order chi connectivity index (χ1) is 15.2. The van der Waals surface area contributed by atoms with Gasteiger partial charge in [-0.2, -0.15) is 0 Å². The molecule has 0 aliphatic carbocycles. The number of amides is 1. The summed E-state index contributed by atoms with van der Waals surface area (Å²) in [5.74, 6) is -0.0663. The van der Waals surface area contributed by atoms with Gasteiger partial charge in [-0.1, -0.05) is 54.6 Å². The molecular formula is C25H25N3O2S. The van der Waals surface area contributed by atoms with Gasteiger partial charge in [0.2, 0.25) is 5.91 Å². The Morgan fingerprint density at radius 1 is 0.968 bits per heavy atom. The number of nitrogens with one attached hydrogen (secondary N) is 2. The summed E-state index contributed by atoms with van der Waals surface area (Å²) < 4.78 is 1.10. The molecule has 3 aromatic carbocycles. The molecule has 1 atom stereocenters. The van der Waals surface area contributed by atoms with Gasteiger partial charge in [0.05, 0.1) is 22.7 Å². The molecule has 0 bridgehead atoms. The smallest absolute Gasteiger partial charge is 0.231 e. The predicted molar refractivity (Wildman–Crippen MR) is 126 cm³/mol. The van der Waals surface area contributed by atoms with Crippen LogP contribution in [0.2, 0.25) is 0 Å². The second-order valence-electron chi connectivity index (χ2n) is 7.38. The molecule has 0 aliphatic heterocycles. The molecule has 0 unspecified atom stereocenters. The summed E-state index contributed by atoms with van der Waals surface area (Å²) in [4.78, 5) is 16.9. The normalized spacial score (nSPS) is 12.0. The number of nitrogens with zero attached hydrogens (tertiary/aromatic N) is 1. The Morgan fingerprint density at radius 3 is 2.48 bits per heavy atom. The topological polar surface area (TPSA) is 74.2 Å². The van der Waals surface area contributed by atoms with Gasteiger partial charge >= 0.3 is 0 Å². The van der Waals surface area contributed by atoms with Crippen LogP contribution in [0.4, 0.5) is 5.69 Å². The fraction of sp³-hybridized carbons (Fsp3) is 0.200. The minimum absolute atomic E-state index is 0.0663. The molecule has 1 heterocycles. The third-order valence-electron chi connectivity index (χ3n) is 5.00. The molecule has 0 saturated heterocycles. The summed E-state index contributed by atoms with van der Waals surface area (Å²) in [6, 6.07) is 25.4. The molecular weight excluding hydrogens is 406 g/mol. The Morgan fingerprint density at radius 2 is 1.71 bits per heavy atom. The number of para-hydroxylation sites is 1. The average molecular weight is 432 g/mol. The van der Waals surface area contributed by atoms with Crippen LogP contribution in [0.1, 0.15) is 22.2 Å². The number of carbonyl (C=O) groups is 1. The van der Waals surface area contributed by atoms with Crippen molar-refractivity contribution in [2.24, 2.45) is 0 Å². The van der Waals surface area contributed by atoms with Gasteiger partial charge in [-0.05, 0) is 48.4 Å². The Hall–Kier alpha value is -3.06. The summed E-state index contributed by atoms with van der Waals surface area (Å²) >= 11 is 1.55. The van der Waals surface area contributed by atoms with Crippen molar-refractivity contribution in [2.75, 3.05) is 18.4 Å². The first-order valence-electron chi connectivity index (χ1n) is 10.3. The van der Waals surface area contributed by atoms with E-state index >= 15 is 0 Å². The van der Waals surface area contributed by atoms with E-state index in [1.54, 1.807) is 11.3 Å². The Kier molecular flexibility index (Phi) is 7.04. The lowest BCUT2D eigenvalue weighted by Gasteiger charge is -2.12. The van der Waals surface area contributed by atoms with Crippen LogP contribution in [0.15, 0.2) is 78.9 Å². The fourth-order valence-electron chi connectivity index (χ4n) is 3.36. The van der Waals surface area contributed by atoms with Gasteiger partial charge in [-0.15, -0.1) is 11.3 Å². The molecule has 4 aromatic rings. The van der Waals surface area contributed by atoms with Gasteiger partial charge in [-0.3, -0.25) is 4.79 Å². The van der Waals surface area contributed by atoms with Crippen molar-refractivity contribution in [3.63, 3.8) is 0 Å². The zero-order valence-corrected chi connectivity index (χ0v) is 17.9. The number of fused-ring (bicyclic) bond motifs is 1. The van der Waals surface area contributed by atoms with Crippen LogP contribution < -0.4 is 10.6 Å². The molecule has 6 heteroatoms. The number of aliphatic hydroxyl groups is 1. The van der Waals surface area contributed by atoms with Gasteiger partial charge in [0, 0.05) is 12.2 Å². The van der Waals surface area contributed by atoms with Crippen molar-refractivity contribution in [3.8, 4) is 0 Å². The minimum Gasteiger partial charge on any atom is -0.387 e. The first kappa shape index (κ1) is 21.2. The Balaban J connectivity index is 1.21. The number of hydrogen-bond donors (Lipinski definition) is 3. The van der Waals surface area contributed by atoms with Crippen LogP contribution in [0.25, 0.3) is 10.2 Å². The second kappa shape index (κ2) is 10.3. The van der Waals surface area contributed by atoms with Crippen LogP contribution >= 0.6 is 11.3 Å². The van der Waals surface area contributed by atoms with Gasteiger partial charge in [-0.25, -0.2) is 4.98 Å². The van der Waals surface area contributed by atoms with Crippen LogP contribution in [0, 0.1) is 0 Å². The molecule has 3 N–H and O–H groups in total. The van der Waals surface area contributed by atoms with E-state index in [4.69, 9.17) is 0 Å². The van der Waals surface area contributed by atoms with Crippen molar-refractivity contribution in [2.45, 2.75) is 18.9 Å². The first-order valence-corrected chi connectivity index (χ1v) is 11.2. The molecule has 0 saturated carbocycles. The van der Waals surface area contributed by atoms with Gasteiger partial charge < -0.3 is 15.7 Å². The summed E-state index contributed by atoms with van der Waals surface area (Å²) in [7, 11) is 0. The van der Waals surface area contributed by atoms with Crippen molar-refractivity contribution in [1.29, 1.82) is 0 Å². The van der Waals surface area contributed by atoms with E-state index in [2.05, 4.69) is 15.6 Å². The molecule has 0 aliphatic rings. The number of carbonyl (C=O) groups excluding carboxylic acids is 1. The monoisotopic (exact) mass is 431 g/mol. The highest BCUT2D eigenvalue weighted by Crippen LogP contribution is 2.22. The quantitative estimate of drug-likeness (QED) is 0.345. The summed E-state index contributed by atoms with van der Waals surface area (Å²) in [6.45, 7) is 1.29. The van der Waals surface area contributed by atoms with Gasteiger partial charge in [0.25, 0.3) is 0 Å². The highest BCUT2D eigenvalue weighted by molar-refractivity contribution is 7.18. The predicted octanol–water partition coefficient (Wildman–Crippen LogP) is 4.34. The van der Waals surface area contributed by atoms with Gasteiger partial charge in [0.1, 0.15) is 5.01 Å². The Labute approximate surface area is 185 Å². The van der Waals surface area contributed by atoms with Crippen LogP contribution in [-0.2, 0) is 17.6 Å². The Bertz CT molecular complexity index is 1090. The summed E-state index contributed by atoms with van der Waals surface area (Å²) in [5, 5.41) is 17.2. The number of anilines is 1. The standard InChI is InChI=1S/C25H25N3O2S/c29-22(19-6-2-1-3-7-19)17-26-15-14-18-10-12-20(13-11-18)27-24(30)16-25-28-21-8-4-5-9-23(21)31-25/h1-13,22,26,29H,14-17H2,(H,27,30)/t22-/m0/s1. The molecule has 158 valence electrons. The molecule has 31 heavy (non-hydrogen) atoms. The summed E-state index contributed by atoms with van der Waals surface area (Å²) in [6.07, 6.45) is 0.616. The summed E-state index contributed by atoms with van der Waals surface area (Å²) in [5.41, 5.74) is 3.80. The van der Waals surface area contributed by atoms with E-state index in [-0.39, 0.29) is 12.3 Å². The fourth-order valence-corrected chi connectivity index (χ4v) is 4.32. The highest BCUT2D eigenvalue weighted by atomic mass is 32.1. The minimum atomic E-state index is -0.505. The molecule has 0 fully saturated rings. The van der Waals surface area contributed by atoms with Crippen LogP contribution in [-0.4, -0.2) is 29.1 Å².